The highest BCUT2D eigenvalue weighted by atomic mass is 16.5. The van der Waals surface area contributed by atoms with Crippen LogP contribution in [-0.2, 0) is 7.05 Å². The molecule has 0 fully saturated rings. The number of hydrogen-bond acceptors (Lipinski definition) is 4. The second-order valence-corrected chi connectivity index (χ2v) is 5.60. The van der Waals surface area contributed by atoms with E-state index < -0.39 is 5.97 Å². The molecule has 3 rings (SSSR count). The number of fused-ring (bicyclic) bond motifs is 1. The molecule has 2 aromatic heterocycles. The van der Waals surface area contributed by atoms with Gasteiger partial charge in [0.1, 0.15) is 0 Å². The van der Waals surface area contributed by atoms with Crippen molar-refractivity contribution in [3.63, 3.8) is 0 Å². The van der Waals surface area contributed by atoms with Crippen molar-refractivity contribution < 1.29 is 14.6 Å². The molecule has 0 spiro atoms. The Labute approximate surface area is 133 Å². The van der Waals surface area contributed by atoms with Gasteiger partial charge in [-0.3, -0.25) is 4.98 Å². The van der Waals surface area contributed by atoms with Crippen LogP contribution in [0.4, 0.5) is 0 Å². The summed E-state index contributed by atoms with van der Waals surface area (Å²) in [5.41, 5.74) is 2.57. The molecule has 0 aliphatic heterocycles. The number of aromatic carboxylic acids is 1. The highest BCUT2D eigenvalue weighted by molar-refractivity contribution is 6.04. The quantitative estimate of drug-likeness (QED) is 0.801. The maximum Gasteiger partial charge on any atom is 0.337 e. The average Bonchev–Trinajstić information content (AvgIpc) is 2.84. The summed E-state index contributed by atoms with van der Waals surface area (Å²) in [6.07, 6.45) is 4.82. The fourth-order valence-corrected chi connectivity index (χ4v) is 2.51. The summed E-state index contributed by atoms with van der Waals surface area (Å²) in [6, 6.07) is 5.61. The average molecular weight is 311 g/mol. The lowest BCUT2D eigenvalue weighted by Gasteiger charge is -2.09. The highest BCUT2D eigenvalue weighted by Gasteiger charge is 2.14. The van der Waals surface area contributed by atoms with Gasteiger partial charge in [0.2, 0.25) is 5.88 Å². The highest BCUT2D eigenvalue weighted by Crippen LogP contribution is 2.27. The van der Waals surface area contributed by atoms with Crippen LogP contribution in [0.25, 0.3) is 22.2 Å². The first kappa shape index (κ1) is 15.0. The van der Waals surface area contributed by atoms with Crippen LogP contribution in [0.15, 0.2) is 36.8 Å². The third kappa shape index (κ3) is 2.88. The lowest BCUT2D eigenvalue weighted by Crippen LogP contribution is -2.07. The Morgan fingerprint density at radius 2 is 2.09 bits per heavy atom. The molecule has 1 N–H and O–H groups in total. The molecular weight excluding hydrogens is 294 g/mol. The van der Waals surface area contributed by atoms with Crippen LogP contribution in [0.5, 0.6) is 5.88 Å². The maximum absolute atomic E-state index is 11.4. The summed E-state index contributed by atoms with van der Waals surface area (Å²) in [4.78, 5) is 20.0. The van der Waals surface area contributed by atoms with Crippen LogP contribution < -0.4 is 4.74 Å². The van der Waals surface area contributed by atoms with Gasteiger partial charge in [-0.25, -0.2) is 9.78 Å². The minimum Gasteiger partial charge on any atom is -0.478 e. The molecule has 1 aromatic carbocycles. The van der Waals surface area contributed by atoms with Crippen molar-refractivity contribution in [2.45, 2.75) is 20.0 Å². The fourth-order valence-electron chi connectivity index (χ4n) is 2.51. The minimum absolute atomic E-state index is 0.00904. The standard InChI is InChI=1S/C17H17N3O3/c1-10(2)23-16-8-18-7-14(19-16)11-4-5-15-12(6-11)13(17(21)22)9-20(15)3/h4-10H,1-3H3,(H,21,22). The second-order valence-electron chi connectivity index (χ2n) is 5.60. The van der Waals surface area contributed by atoms with Gasteiger partial charge in [0, 0.05) is 29.7 Å². The van der Waals surface area contributed by atoms with Crippen molar-refractivity contribution in [1.82, 2.24) is 14.5 Å². The number of aryl methyl sites for hydroxylation is 1. The van der Waals surface area contributed by atoms with Crippen molar-refractivity contribution in [2.24, 2.45) is 7.05 Å². The largest absolute Gasteiger partial charge is 0.478 e. The Morgan fingerprint density at radius 1 is 1.30 bits per heavy atom. The molecule has 0 saturated carbocycles. The van der Waals surface area contributed by atoms with Crippen LogP contribution in [0.1, 0.15) is 24.2 Å². The number of carbonyl (C=O) groups is 1. The summed E-state index contributed by atoms with van der Waals surface area (Å²) in [7, 11) is 1.82. The molecular formula is C17H17N3O3. The molecule has 0 saturated heterocycles. The Morgan fingerprint density at radius 3 is 2.78 bits per heavy atom. The zero-order valence-corrected chi connectivity index (χ0v) is 13.1. The maximum atomic E-state index is 11.4. The topological polar surface area (TPSA) is 77.2 Å². The summed E-state index contributed by atoms with van der Waals surface area (Å²) in [5, 5.41) is 10.0. The first-order valence-corrected chi connectivity index (χ1v) is 7.27. The number of benzene rings is 1. The third-order valence-corrected chi connectivity index (χ3v) is 3.48. The molecule has 3 aromatic rings. The van der Waals surface area contributed by atoms with Gasteiger partial charge in [-0.1, -0.05) is 6.07 Å². The molecule has 0 atom stereocenters. The molecule has 0 unspecified atom stereocenters. The Balaban J connectivity index is 2.10. The second kappa shape index (κ2) is 5.72. The first-order chi connectivity index (χ1) is 11.0. The van der Waals surface area contributed by atoms with Crippen LogP contribution in [0.3, 0.4) is 0 Å². The molecule has 23 heavy (non-hydrogen) atoms. The zero-order chi connectivity index (χ0) is 16.6. The molecule has 0 bridgehead atoms. The van der Waals surface area contributed by atoms with Crippen LogP contribution in [0.2, 0.25) is 0 Å². The van der Waals surface area contributed by atoms with Gasteiger partial charge in [-0.15, -0.1) is 0 Å². The summed E-state index contributed by atoms with van der Waals surface area (Å²) in [5.74, 6) is -0.500. The Bertz CT molecular complexity index is 884. The monoisotopic (exact) mass is 311 g/mol. The molecule has 0 aliphatic carbocycles. The number of hydrogen-bond donors (Lipinski definition) is 1. The van der Waals surface area contributed by atoms with Crippen LogP contribution >= 0.6 is 0 Å². The van der Waals surface area contributed by atoms with E-state index in [0.717, 1.165) is 11.1 Å². The van der Waals surface area contributed by atoms with Crippen molar-refractivity contribution in [3.05, 3.63) is 42.4 Å². The predicted octanol–water partition coefficient (Wildman–Crippen LogP) is 3.12. The van der Waals surface area contributed by atoms with E-state index >= 15 is 0 Å². The van der Waals surface area contributed by atoms with Gasteiger partial charge in [0.15, 0.2) is 0 Å². The number of aromatic nitrogens is 3. The van der Waals surface area contributed by atoms with E-state index in [0.29, 0.717) is 17.0 Å². The van der Waals surface area contributed by atoms with E-state index in [4.69, 9.17) is 4.74 Å². The number of ether oxygens (including phenoxy) is 1. The molecule has 6 heteroatoms. The van der Waals surface area contributed by atoms with Crippen LogP contribution in [0, 0.1) is 0 Å². The normalized spacial score (nSPS) is 11.1. The molecule has 2 heterocycles. The summed E-state index contributed by atoms with van der Waals surface area (Å²) >= 11 is 0. The van der Waals surface area contributed by atoms with Crippen molar-refractivity contribution in [3.8, 4) is 17.1 Å². The van der Waals surface area contributed by atoms with Gasteiger partial charge < -0.3 is 14.4 Å². The lowest BCUT2D eigenvalue weighted by molar-refractivity contribution is 0.0699. The van der Waals surface area contributed by atoms with E-state index in [1.165, 1.54) is 0 Å². The van der Waals surface area contributed by atoms with Gasteiger partial charge in [-0.2, -0.15) is 0 Å². The zero-order valence-electron chi connectivity index (χ0n) is 13.1. The fraction of sp³-hybridized carbons (Fsp3) is 0.235. The number of carboxylic acids is 1. The van der Waals surface area contributed by atoms with E-state index in [-0.39, 0.29) is 11.7 Å². The minimum atomic E-state index is -0.948. The molecule has 0 radical (unpaired) electrons. The first-order valence-electron chi connectivity index (χ1n) is 7.27. The Kier molecular flexibility index (Phi) is 3.73. The lowest BCUT2D eigenvalue weighted by atomic mass is 10.1. The predicted molar refractivity (Wildman–Crippen MR) is 86.7 cm³/mol. The summed E-state index contributed by atoms with van der Waals surface area (Å²) in [6.45, 7) is 3.84. The summed E-state index contributed by atoms with van der Waals surface area (Å²) < 4.78 is 7.36. The third-order valence-electron chi connectivity index (χ3n) is 3.48. The number of carboxylic acid groups (broad SMARTS) is 1. The van der Waals surface area contributed by atoms with Gasteiger partial charge in [0.05, 0.1) is 29.8 Å². The van der Waals surface area contributed by atoms with E-state index in [1.54, 1.807) is 23.2 Å². The number of nitrogens with zero attached hydrogens (tertiary/aromatic N) is 3. The van der Waals surface area contributed by atoms with Gasteiger partial charge in [0.25, 0.3) is 0 Å². The number of rotatable bonds is 4. The molecule has 6 nitrogen and oxygen atoms in total. The Hall–Kier alpha value is -2.89. The van der Waals surface area contributed by atoms with Gasteiger partial charge >= 0.3 is 5.97 Å². The smallest absolute Gasteiger partial charge is 0.337 e. The molecule has 0 amide bonds. The van der Waals surface area contributed by atoms with E-state index in [2.05, 4.69) is 9.97 Å². The van der Waals surface area contributed by atoms with E-state index in [9.17, 15) is 9.90 Å². The van der Waals surface area contributed by atoms with Crippen molar-refractivity contribution >= 4 is 16.9 Å². The molecule has 0 aliphatic rings. The van der Waals surface area contributed by atoms with E-state index in [1.807, 2.05) is 39.1 Å². The SMILES string of the molecule is CC(C)Oc1cncc(-c2ccc3c(c2)c(C(=O)O)cn3C)n1. The van der Waals surface area contributed by atoms with Crippen molar-refractivity contribution in [1.29, 1.82) is 0 Å². The van der Waals surface area contributed by atoms with Crippen LogP contribution in [-0.4, -0.2) is 31.7 Å². The van der Waals surface area contributed by atoms with Gasteiger partial charge in [-0.05, 0) is 26.0 Å². The van der Waals surface area contributed by atoms with Crippen molar-refractivity contribution in [2.75, 3.05) is 0 Å². The molecule has 118 valence electrons.